The highest BCUT2D eigenvalue weighted by molar-refractivity contribution is 4.93. The van der Waals surface area contributed by atoms with E-state index in [-0.39, 0.29) is 5.92 Å². The highest BCUT2D eigenvalue weighted by Gasteiger charge is 2.27. The molecule has 2 heterocycles. The van der Waals surface area contributed by atoms with Crippen LogP contribution in [0.1, 0.15) is 30.9 Å². The third-order valence-corrected chi connectivity index (χ3v) is 4.19. The minimum Gasteiger partial charge on any atom is -0.445 e. The SMILES string of the molecule is Cc1cnc(CN(C)[C@H]2CCN(C[C@@H](C#N)CCC#N)C2)o1. The van der Waals surface area contributed by atoms with Crippen molar-refractivity contribution in [1.29, 1.82) is 10.5 Å². The van der Waals surface area contributed by atoms with Gasteiger partial charge < -0.3 is 9.32 Å². The summed E-state index contributed by atoms with van der Waals surface area (Å²) >= 11 is 0. The minimum atomic E-state index is -0.0434. The van der Waals surface area contributed by atoms with Crippen molar-refractivity contribution in [3.05, 3.63) is 17.8 Å². The monoisotopic (exact) mass is 301 g/mol. The molecular weight excluding hydrogens is 278 g/mol. The van der Waals surface area contributed by atoms with Gasteiger partial charge in [-0.1, -0.05) is 0 Å². The van der Waals surface area contributed by atoms with E-state index in [2.05, 4.69) is 34.0 Å². The molecule has 1 aliphatic heterocycles. The van der Waals surface area contributed by atoms with Crippen molar-refractivity contribution in [2.75, 3.05) is 26.7 Å². The number of aromatic nitrogens is 1. The van der Waals surface area contributed by atoms with E-state index >= 15 is 0 Å². The fourth-order valence-electron chi connectivity index (χ4n) is 2.90. The van der Waals surface area contributed by atoms with E-state index in [0.29, 0.717) is 25.4 Å². The van der Waals surface area contributed by atoms with Crippen LogP contribution in [0.3, 0.4) is 0 Å². The van der Waals surface area contributed by atoms with Gasteiger partial charge >= 0.3 is 0 Å². The van der Waals surface area contributed by atoms with E-state index < -0.39 is 0 Å². The maximum atomic E-state index is 9.17. The van der Waals surface area contributed by atoms with Crippen LogP contribution in [0.25, 0.3) is 0 Å². The Morgan fingerprint density at radius 2 is 2.36 bits per heavy atom. The standard InChI is InChI=1S/C16H23N5O/c1-13-9-19-16(22-13)12-20(2)15-5-7-21(11-15)10-14(8-18)4-3-6-17/h9,14-15H,3-5,7,10-12H2,1-2H3/t14-,15+/m1/s1. The lowest BCUT2D eigenvalue weighted by molar-refractivity contribution is 0.201. The fraction of sp³-hybridized carbons (Fsp3) is 0.688. The molecule has 6 heteroatoms. The van der Waals surface area contributed by atoms with Crippen LogP contribution in [0.15, 0.2) is 10.6 Å². The summed E-state index contributed by atoms with van der Waals surface area (Å²) in [6, 6.07) is 4.90. The van der Waals surface area contributed by atoms with Crippen LogP contribution in [0.4, 0.5) is 0 Å². The third kappa shape index (κ3) is 4.56. The average Bonchev–Trinajstić information content (AvgIpc) is 3.12. The first-order valence-corrected chi connectivity index (χ1v) is 7.73. The second kappa shape index (κ2) is 7.93. The molecule has 6 nitrogen and oxygen atoms in total. The Morgan fingerprint density at radius 3 is 3.00 bits per heavy atom. The summed E-state index contributed by atoms with van der Waals surface area (Å²) in [4.78, 5) is 8.84. The van der Waals surface area contributed by atoms with Crippen LogP contribution in [0.2, 0.25) is 0 Å². The first-order chi connectivity index (χ1) is 10.6. The van der Waals surface area contributed by atoms with Gasteiger partial charge in [0.05, 0.1) is 30.8 Å². The molecule has 0 saturated carbocycles. The smallest absolute Gasteiger partial charge is 0.208 e. The molecule has 1 fully saturated rings. The molecule has 118 valence electrons. The molecule has 2 atom stereocenters. The Kier molecular flexibility index (Phi) is 5.94. The average molecular weight is 301 g/mol. The van der Waals surface area contributed by atoms with Gasteiger partial charge in [-0.15, -0.1) is 0 Å². The van der Waals surface area contributed by atoms with Crippen LogP contribution >= 0.6 is 0 Å². The van der Waals surface area contributed by atoms with E-state index in [1.165, 1.54) is 0 Å². The van der Waals surface area contributed by atoms with Gasteiger partial charge in [0, 0.05) is 25.6 Å². The van der Waals surface area contributed by atoms with Crippen molar-refractivity contribution in [3.63, 3.8) is 0 Å². The summed E-state index contributed by atoms with van der Waals surface area (Å²) in [5.74, 6) is 1.55. The van der Waals surface area contributed by atoms with Crippen LogP contribution < -0.4 is 0 Å². The van der Waals surface area contributed by atoms with Gasteiger partial charge in [-0.05, 0) is 33.4 Å². The Balaban J connectivity index is 1.79. The van der Waals surface area contributed by atoms with Crippen LogP contribution in [0.5, 0.6) is 0 Å². The number of likely N-dealkylation sites (tertiary alicyclic amines) is 1. The molecule has 0 aliphatic carbocycles. The quantitative estimate of drug-likeness (QED) is 0.765. The number of hydrogen-bond acceptors (Lipinski definition) is 6. The van der Waals surface area contributed by atoms with Crippen molar-refractivity contribution < 1.29 is 4.42 Å². The molecule has 0 amide bonds. The van der Waals surface area contributed by atoms with Gasteiger partial charge in [0.15, 0.2) is 0 Å². The lowest BCUT2D eigenvalue weighted by Crippen LogP contribution is -2.35. The summed E-state index contributed by atoms with van der Waals surface area (Å²) in [7, 11) is 2.09. The van der Waals surface area contributed by atoms with E-state index in [1.54, 1.807) is 6.20 Å². The van der Waals surface area contributed by atoms with E-state index in [1.807, 2.05) is 6.92 Å². The molecule has 2 rings (SSSR count). The van der Waals surface area contributed by atoms with E-state index in [0.717, 1.165) is 37.7 Å². The van der Waals surface area contributed by atoms with Gasteiger partial charge in [0.25, 0.3) is 0 Å². The highest BCUT2D eigenvalue weighted by Crippen LogP contribution is 2.19. The number of nitriles is 2. The minimum absolute atomic E-state index is 0.0434. The predicted molar refractivity (Wildman–Crippen MR) is 81.5 cm³/mol. The van der Waals surface area contributed by atoms with Crippen molar-refractivity contribution in [1.82, 2.24) is 14.8 Å². The third-order valence-electron chi connectivity index (χ3n) is 4.19. The molecule has 0 unspecified atom stereocenters. The molecule has 0 radical (unpaired) electrons. The zero-order valence-corrected chi connectivity index (χ0v) is 13.3. The van der Waals surface area contributed by atoms with Crippen LogP contribution in [-0.2, 0) is 6.54 Å². The van der Waals surface area contributed by atoms with E-state index in [4.69, 9.17) is 14.9 Å². The van der Waals surface area contributed by atoms with Crippen molar-refractivity contribution in [2.45, 2.75) is 38.8 Å². The van der Waals surface area contributed by atoms with Gasteiger partial charge in [-0.2, -0.15) is 10.5 Å². The molecule has 22 heavy (non-hydrogen) atoms. The lowest BCUT2D eigenvalue weighted by Gasteiger charge is -2.24. The highest BCUT2D eigenvalue weighted by atomic mass is 16.4. The molecule has 0 bridgehead atoms. The summed E-state index contributed by atoms with van der Waals surface area (Å²) in [6.45, 7) is 5.34. The molecule has 0 aromatic carbocycles. The number of oxazole rings is 1. The predicted octanol–water partition coefficient (Wildman–Crippen LogP) is 1.93. The van der Waals surface area contributed by atoms with Gasteiger partial charge in [0.1, 0.15) is 5.76 Å². The lowest BCUT2D eigenvalue weighted by atomic mass is 10.1. The molecule has 1 aliphatic rings. The van der Waals surface area contributed by atoms with Crippen molar-refractivity contribution in [3.8, 4) is 12.1 Å². The molecule has 1 aromatic rings. The van der Waals surface area contributed by atoms with Gasteiger partial charge in [-0.3, -0.25) is 4.90 Å². The van der Waals surface area contributed by atoms with Gasteiger partial charge in [-0.25, -0.2) is 4.98 Å². The number of aryl methyl sites for hydroxylation is 1. The summed E-state index contributed by atoms with van der Waals surface area (Å²) in [5, 5.41) is 17.8. The van der Waals surface area contributed by atoms with Crippen molar-refractivity contribution >= 4 is 0 Å². The number of likely N-dealkylation sites (N-methyl/N-ethyl adjacent to an activating group) is 1. The Bertz CT molecular complexity index is 556. The second-order valence-corrected chi connectivity index (χ2v) is 6.00. The summed E-state index contributed by atoms with van der Waals surface area (Å²) < 4.78 is 5.53. The summed E-state index contributed by atoms with van der Waals surface area (Å²) in [5.41, 5.74) is 0. The normalized spacial score (nSPS) is 20.0. The number of nitrogens with zero attached hydrogens (tertiary/aromatic N) is 5. The van der Waals surface area contributed by atoms with Crippen molar-refractivity contribution in [2.24, 2.45) is 5.92 Å². The number of rotatable bonds is 7. The van der Waals surface area contributed by atoms with Crippen LogP contribution in [0, 0.1) is 35.5 Å². The molecular formula is C16H23N5O. The second-order valence-electron chi connectivity index (χ2n) is 6.00. The fourth-order valence-corrected chi connectivity index (χ4v) is 2.90. The zero-order valence-electron chi connectivity index (χ0n) is 13.3. The molecule has 1 aromatic heterocycles. The Labute approximate surface area is 131 Å². The van der Waals surface area contributed by atoms with E-state index in [9.17, 15) is 0 Å². The molecule has 0 spiro atoms. The number of hydrogen-bond donors (Lipinski definition) is 0. The van der Waals surface area contributed by atoms with Gasteiger partial charge in [0.2, 0.25) is 5.89 Å². The Morgan fingerprint density at radius 1 is 1.55 bits per heavy atom. The Hall–Kier alpha value is -1.89. The molecule has 1 saturated heterocycles. The largest absolute Gasteiger partial charge is 0.445 e. The van der Waals surface area contributed by atoms with Crippen LogP contribution in [-0.4, -0.2) is 47.5 Å². The zero-order chi connectivity index (χ0) is 15.9. The maximum absolute atomic E-state index is 9.17. The topological polar surface area (TPSA) is 80.1 Å². The maximum Gasteiger partial charge on any atom is 0.208 e. The molecule has 0 N–H and O–H groups in total. The first kappa shape index (κ1) is 16.5. The summed E-state index contributed by atoms with van der Waals surface area (Å²) in [6.07, 6.45) is 3.96. The first-order valence-electron chi connectivity index (χ1n) is 7.73.